The highest BCUT2D eigenvalue weighted by Crippen LogP contribution is 2.36. The van der Waals surface area contributed by atoms with Crippen molar-refractivity contribution in [2.75, 3.05) is 26.4 Å². The van der Waals surface area contributed by atoms with Crippen LogP contribution < -0.4 is 14.8 Å². The van der Waals surface area contributed by atoms with Crippen LogP contribution in [0.3, 0.4) is 0 Å². The number of aromatic amines is 1. The first-order valence-corrected chi connectivity index (χ1v) is 8.85. The molecule has 2 N–H and O–H groups in total. The van der Waals surface area contributed by atoms with E-state index in [-0.39, 0.29) is 25.3 Å². The molecule has 0 radical (unpaired) electrons. The number of nitrogens with one attached hydrogen (secondary N) is 2. The molecule has 1 saturated heterocycles. The van der Waals surface area contributed by atoms with Crippen molar-refractivity contribution in [3.63, 3.8) is 0 Å². The van der Waals surface area contributed by atoms with Crippen LogP contribution in [0.15, 0.2) is 24.4 Å². The van der Waals surface area contributed by atoms with Gasteiger partial charge in [-0.15, -0.1) is 0 Å². The van der Waals surface area contributed by atoms with Crippen LogP contribution in [0.1, 0.15) is 23.2 Å². The molecule has 1 atom stereocenters. The van der Waals surface area contributed by atoms with Crippen LogP contribution in [0.25, 0.3) is 11.3 Å². The normalized spacial score (nSPS) is 19.0. The first kappa shape index (κ1) is 17.7. The standard InChI is InChI=1S/C18H20F2N4O3/c19-16(20)9-24-5-1-2-12(24)7-21-18(25)13-8-22-23-17(13)11-3-4-14-15(6-11)27-10-26-14/h3-4,6,8,12,16H,1-2,5,7,9-10H2,(H,21,25)(H,22,23). The van der Waals surface area contributed by atoms with Gasteiger partial charge in [0.25, 0.3) is 12.3 Å². The van der Waals surface area contributed by atoms with Gasteiger partial charge in [-0.2, -0.15) is 5.10 Å². The summed E-state index contributed by atoms with van der Waals surface area (Å²) >= 11 is 0. The molecule has 9 heteroatoms. The Hall–Kier alpha value is -2.68. The quantitative estimate of drug-likeness (QED) is 0.806. The predicted molar refractivity (Wildman–Crippen MR) is 93.1 cm³/mol. The fraction of sp³-hybridized carbons (Fsp3) is 0.444. The number of hydrogen-bond acceptors (Lipinski definition) is 5. The molecule has 27 heavy (non-hydrogen) atoms. The van der Waals surface area contributed by atoms with Crippen molar-refractivity contribution in [3.8, 4) is 22.8 Å². The summed E-state index contributed by atoms with van der Waals surface area (Å²) in [4.78, 5) is 14.4. The number of aromatic nitrogens is 2. The van der Waals surface area contributed by atoms with Crippen LogP contribution >= 0.6 is 0 Å². The third kappa shape index (κ3) is 3.73. The summed E-state index contributed by atoms with van der Waals surface area (Å²) in [5.74, 6) is 0.979. The molecule has 1 aromatic heterocycles. The number of carbonyl (C=O) groups excluding carboxylic acids is 1. The van der Waals surface area contributed by atoms with Gasteiger partial charge in [0.1, 0.15) is 0 Å². The summed E-state index contributed by atoms with van der Waals surface area (Å²) in [6, 6.07) is 5.32. The highest BCUT2D eigenvalue weighted by atomic mass is 19.3. The zero-order valence-corrected chi connectivity index (χ0v) is 14.6. The molecule has 1 amide bonds. The fourth-order valence-corrected chi connectivity index (χ4v) is 3.58. The molecule has 0 spiro atoms. The lowest BCUT2D eigenvalue weighted by Gasteiger charge is -2.24. The van der Waals surface area contributed by atoms with E-state index in [1.54, 1.807) is 17.0 Å². The zero-order chi connectivity index (χ0) is 18.8. The molecule has 2 aliphatic rings. The molecule has 144 valence electrons. The minimum absolute atomic E-state index is 0.0659. The number of halogens is 2. The molecular formula is C18H20F2N4O3. The van der Waals surface area contributed by atoms with Crippen molar-refractivity contribution >= 4 is 5.91 Å². The molecule has 0 saturated carbocycles. The molecule has 0 aliphatic carbocycles. The van der Waals surface area contributed by atoms with Gasteiger partial charge in [-0.25, -0.2) is 8.78 Å². The average molecular weight is 378 g/mol. The predicted octanol–water partition coefficient (Wildman–Crippen LogP) is 2.26. The van der Waals surface area contributed by atoms with Crippen LogP contribution in [0, 0.1) is 0 Å². The first-order valence-electron chi connectivity index (χ1n) is 8.85. The number of nitrogens with zero attached hydrogens (tertiary/aromatic N) is 2. The molecule has 1 unspecified atom stereocenters. The fourth-order valence-electron chi connectivity index (χ4n) is 3.58. The van der Waals surface area contributed by atoms with Gasteiger partial charge in [0.2, 0.25) is 6.79 Å². The van der Waals surface area contributed by atoms with Crippen molar-refractivity contribution in [3.05, 3.63) is 30.0 Å². The minimum atomic E-state index is -2.37. The Balaban J connectivity index is 1.44. The largest absolute Gasteiger partial charge is 0.454 e. The van der Waals surface area contributed by atoms with Crippen molar-refractivity contribution in [2.24, 2.45) is 0 Å². The molecular weight excluding hydrogens is 358 g/mol. The van der Waals surface area contributed by atoms with Gasteiger partial charge < -0.3 is 14.8 Å². The van der Waals surface area contributed by atoms with Gasteiger partial charge in [0.15, 0.2) is 11.5 Å². The highest BCUT2D eigenvalue weighted by molar-refractivity contribution is 5.99. The number of rotatable bonds is 6. The summed E-state index contributed by atoms with van der Waals surface area (Å²) in [6.07, 6.45) is 0.753. The molecule has 2 aromatic rings. The monoisotopic (exact) mass is 378 g/mol. The third-order valence-electron chi connectivity index (χ3n) is 4.92. The van der Waals surface area contributed by atoms with Crippen molar-refractivity contribution in [1.82, 2.24) is 20.4 Å². The summed E-state index contributed by atoms with van der Waals surface area (Å²) in [6.45, 7) is 0.886. The van der Waals surface area contributed by atoms with E-state index >= 15 is 0 Å². The Morgan fingerprint density at radius 2 is 2.22 bits per heavy atom. The number of fused-ring (bicyclic) bond motifs is 1. The molecule has 3 heterocycles. The van der Waals surface area contributed by atoms with Gasteiger partial charge >= 0.3 is 0 Å². The van der Waals surface area contributed by atoms with Crippen LogP contribution in [0.2, 0.25) is 0 Å². The Kier molecular flexibility index (Phi) is 4.93. The van der Waals surface area contributed by atoms with Crippen molar-refractivity contribution in [2.45, 2.75) is 25.3 Å². The second-order valence-corrected chi connectivity index (χ2v) is 6.62. The maximum Gasteiger partial charge on any atom is 0.255 e. The van der Waals surface area contributed by atoms with E-state index < -0.39 is 6.43 Å². The number of likely N-dealkylation sites (tertiary alicyclic amines) is 1. The van der Waals surface area contributed by atoms with Crippen LogP contribution in [0.4, 0.5) is 8.78 Å². The third-order valence-corrected chi connectivity index (χ3v) is 4.92. The van der Waals surface area contributed by atoms with Crippen LogP contribution in [-0.2, 0) is 0 Å². The molecule has 4 rings (SSSR count). The minimum Gasteiger partial charge on any atom is -0.454 e. The van der Waals surface area contributed by atoms with E-state index in [0.29, 0.717) is 35.8 Å². The van der Waals surface area contributed by atoms with E-state index in [2.05, 4.69) is 15.5 Å². The van der Waals surface area contributed by atoms with Gasteiger partial charge in [0, 0.05) is 18.2 Å². The topological polar surface area (TPSA) is 79.5 Å². The number of amides is 1. The second kappa shape index (κ2) is 7.51. The Bertz CT molecular complexity index is 827. The van der Waals surface area contributed by atoms with Gasteiger partial charge in [-0.05, 0) is 37.6 Å². The van der Waals surface area contributed by atoms with Crippen molar-refractivity contribution < 1.29 is 23.0 Å². The average Bonchev–Trinajstić information content (AvgIpc) is 3.38. The number of carbonyl (C=O) groups is 1. The Morgan fingerprint density at radius 1 is 1.37 bits per heavy atom. The SMILES string of the molecule is O=C(NCC1CCCN1CC(F)F)c1cn[nH]c1-c1ccc2c(c1)OCO2. The summed E-state index contributed by atoms with van der Waals surface area (Å²) in [5.41, 5.74) is 1.72. The van der Waals surface area contributed by atoms with E-state index in [4.69, 9.17) is 9.47 Å². The smallest absolute Gasteiger partial charge is 0.255 e. The molecule has 1 fully saturated rings. The zero-order valence-electron chi connectivity index (χ0n) is 14.6. The molecule has 0 bridgehead atoms. The lowest BCUT2D eigenvalue weighted by Crippen LogP contribution is -2.42. The maximum atomic E-state index is 12.7. The number of hydrogen-bond donors (Lipinski definition) is 2. The van der Waals surface area contributed by atoms with E-state index in [1.807, 2.05) is 6.07 Å². The van der Waals surface area contributed by atoms with E-state index in [0.717, 1.165) is 18.4 Å². The number of benzene rings is 1. The van der Waals surface area contributed by atoms with Gasteiger partial charge in [0.05, 0.1) is 24.0 Å². The van der Waals surface area contributed by atoms with E-state index in [1.165, 1.54) is 6.20 Å². The summed E-state index contributed by atoms with van der Waals surface area (Å²) in [7, 11) is 0. The molecule has 1 aromatic carbocycles. The second-order valence-electron chi connectivity index (χ2n) is 6.62. The van der Waals surface area contributed by atoms with Crippen LogP contribution in [0.5, 0.6) is 11.5 Å². The summed E-state index contributed by atoms with van der Waals surface area (Å²) in [5, 5.41) is 9.67. The number of H-pyrrole nitrogens is 1. The molecule has 7 nitrogen and oxygen atoms in total. The first-order chi connectivity index (χ1) is 13.1. The lowest BCUT2D eigenvalue weighted by molar-refractivity contribution is 0.0792. The Morgan fingerprint density at radius 3 is 3.07 bits per heavy atom. The van der Waals surface area contributed by atoms with E-state index in [9.17, 15) is 13.6 Å². The number of ether oxygens (including phenoxy) is 2. The summed E-state index contributed by atoms with van der Waals surface area (Å²) < 4.78 is 36.0. The highest BCUT2D eigenvalue weighted by Gasteiger charge is 2.27. The maximum absolute atomic E-state index is 12.7. The number of alkyl halides is 2. The van der Waals surface area contributed by atoms with Gasteiger partial charge in [-0.1, -0.05) is 0 Å². The van der Waals surface area contributed by atoms with Gasteiger partial charge in [-0.3, -0.25) is 14.8 Å². The van der Waals surface area contributed by atoms with Crippen molar-refractivity contribution in [1.29, 1.82) is 0 Å². The molecule has 2 aliphatic heterocycles. The Labute approximate surface area is 154 Å². The lowest BCUT2D eigenvalue weighted by atomic mass is 10.1. The van der Waals surface area contributed by atoms with Crippen LogP contribution in [-0.4, -0.2) is 59.9 Å².